The van der Waals surface area contributed by atoms with Gasteiger partial charge >= 0.3 is 0 Å². The normalized spacial score (nSPS) is 16.1. The standard InChI is InChI=1S/C21H20N6O2/c1-3-18(28)26-9-13(10-26)27-11-17-19(21(27)29)16(6-7-22-17)24-20-12(2)4-5-15-14(20)8-23-25-15/h3-8,13H,1,9-11H2,2H3,(H,22,24)(H,23,25). The van der Waals surface area contributed by atoms with Crippen LogP contribution < -0.4 is 5.32 Å². The lowest BCUT2D eigenvalue weighted by Crippen LogP contribution is -2.60. The van der Waals surface area contributed by atoms with E-state index < -0.39 is 0 Å². The van der Waals surface area contributed by atoms with Crippen LogP contribution in [0.3, 0.4) is 0 Å². The third-order valence-electron chi connectivity index (χ3n) is 5.71. The minimum absolute atomic E-state index is 0.00694. The number of aromatic nitrogens is 3. The minimum atomic E-state index is -0.102. The van der Waals surface area contributed by atoms with E-state index in [1.54, 1.807) is 22.2 Å². The van der Waals surface area contributed by atoms with Gasteiger partial charge in [-0.05, 0) is 30.7 Å². The van der Waals surface area contributed by atoms with Crippen LogP contribution in [0.25, 0.3) is 10.9 Å². The molecule has 0 radical (unpaired) electrons. The number of anilines is 2. The summed E-state index contributed by atoms with van der Waals surface area (Å²) in [5.41, 5.74) is 4.99. The quantitative estimate of drug-likeness (QED) is 0.669. The first-order chi connectivity index (χ1) is 14.1. The van der Waals surface area contributed by atoms with Crippen LogP contribution in [0.5, 0.6) is 0 Å². The fourth-order valence-corrected chi connectivity index (χ4v) is 4.03. The monoisotopic (exact) mass is 388 g/mol. The van der Waals surface area contributed by atoms with Gasteiger partial charge in [-0.15, -0.1) is 0 Å². The average molecular weight is 388 g/mol. The highest BCUT2D eigenvalue weighted by Gasteiger charge is 2.41. The van der Waals surface area contributed by atoms with E-state index in [0.29, 0.717) is 25.2 Å². The van der Waals surface area contributed by atoms with Crippen molar-refractivity contribution in [1.29, 1.82) is 0 Å². The van der Waals surface area contributed by atoms with E-state index in [2.05, 4.69) is 27.1 Å². The first-order valence-corrected chi connectivity index (χ1v) is 9.46. The Balaban J connectivity index is 1.44. The molecule has 1 saturated heterocycles. The molecule has 2 aliphatic rings. The van der Waals surface area contributed by atoms with Gasteiger partial charge in [0.05, 0.1) is 46.9 Å². The molecule has 0 aliphatic carbocycles. The Bertz CT molecular complexity index is 1160. The van der Waals surface area contributed by atoms with Gasteiger partial charge in [0.2, 0.25) is 5.91 Å². The SMILES string of the molecule is C=CC(=O)N1CC(N2Cc3nccc(Nc4c(C)ccc5[nH]ncc45)c3C2=O)C1. The molecule has 0 bridgehead atoms. The van der Waals surface area contributed by atoms with Crippen molar-refractivity contribution in [3.05, 3.63) is 60.1 Å². The Morgan fingerprint density at radius 2 is 2.17 bits per heavy atom. The molecule has 8 nitrogen and oxygen atoms in total. The number of likely N-dealkylation sites (tertiary alicyclic amines) is 1. The molecule has 146 valence electrons. The second kappa shape index (κ2) is 6.44. The van der Waals surface area contributed by atoms with Gasteiger partial charge in [-0.3, -0.25) is 19.7 Å². The summed E-state index contributed by atoms with van der Waals surface area (Å²) in [4.78, 5) is 32.8. The van der Waals surface area contributed by atoms with Crippen LogP contribution in [0, 0.1) is 6.92 Å². The molecule has 0 spiro atoms. The van der Waals surface area contributed by atoms with Gasteiger partial charge in [-0.1, -0.05) is 12.6 Å². The zero-order valence-electron chi connectivity index (χ0n) is 16.0. The molecule has 2 N–H and O–H groups in total. The second-order valence-corrected chi connectivity index (χ2v) is 7.43. The number of hydrogen-bond acceptors (Lipinski definition) is 5. The Morgan fingerprint density at radius 3 is 2.97 bits per heavy atom. The maximum atomic E-state index is 13.2. The summed E-state index contributed by atoms with van der Waals surface area (Å²) in [6.45, 7) is 7.05. The van der Waals surface area contributed by atoms with Crippen molar-refractivity contribution in [1.82, 2.24) is 25.0 Å². The lowest BCUT2D eigenvalue weighted by Gasteiger charge is -2.43. The molecule has 2 amide bonds. The number of nitrogens with one attached hydrogen (secondary N) is 2. The number of fused-ring (bicyclic) bond motifs is 2. The summed E-state index contributed by atoms with van der Waals surface area (Å²) in [6.07, 6.45) is 4.80. The van der Waals surface area contributed by atoms with E-state index >= 15 is 0 Å². The number of amides is 2. The van der Waals surface area contributed by atoms with Crippen LogP contribution >= 0.6 is 0 Å². The summed E-state index contributed by atoms with van der Waals surface area (Å²) in [5, 5.41) is 11.5. The molecule has 5 rings (SSSR count). The van der Waals surface area contributed by atoms with Crippen LogP contribution in [0.4, 0.5) is 11.4 Å². The first kappa shape index (κ1) is 17.4. The van der Waals surface area contributed by atoms with Crippen LogP contribution in [0.2, 0.25) is 0 Å². The number of H-pyrrole nitrogens is 1. The Labute approximate surface area is 167 Å². The first-order valence-electron chi connectivity index (χ1n) is 9.46. The highest BCUT2D eigenvalue weighted by Crippen LogP contribution is 2.35. The van der Waals surface area contributed by atoms with Gasteiger partial charge in [0, 0.05) is 24.7 Å². The van der Waals surface area contributed by atoms with E-state index in [9.17, 15) is 9.59 Å². The highest BCUT2D eigenvalue weighted by molar-refractivity contribution is 6.05. The van der Waals surface area contributed by atoms with Gasteiger partial charge in [0.15, 0.2) is 0 Å². The lowest BCUT2D eigenvalue weighted by molar-refractivity contribution is -0.132. The Hall–Kier alpha value is -3.68. The van der Waals surface area contributed by atoms with Crippen molar-refractivity contribution >= 4 is 34.1 Å². The van der Waals surface area contributed by atoms with E-state index in [-0.39, 0.29) is 17.9 Å². The van der Waals surface area contributed by atoms with Gasteiger partial charge in [0.1, 0.15) is 0 Å². The number of benzene rings is 1. The number of rotatable bonds is 4. The van der Waals surface area contributed by atoms with Crippen molar-refractivity contribution in [2.24, 2.45) is 0 Å². The predicted octanol–water partition coefficient (Wildman–Crippen LogP) is 2.36. The molecule has 0 atom stereocenters. The molecule has 29 heavy (non-hydrogen) atoms. The van der Waals surface area contributed by atoms with Crippen LogP contribution in [0.1, 0.15) is 21.6 Å². The van der Waals surface area contributed by atoms with Crippen molar-refractivity contribution < 1.29 is 9.59 Å². The molecule has 0 unspecified atom stereocenters. The third-order valence-corrected chi connectivity index (χ3v) is 5.71. The van der Waals surface area contributed by atoms with Crippen LogP contribution in [-0.4, -0.2) is 55.9 Å². The Kier molecular flexibility index (Phi) is 3.87. The summed E-state index contributed by atoms with van der Waals surface area (Å²) in [6, 6.07) is 5.83. The molecule has 8 heteroatoms. The number of aromatic amines is 1. The molecule has 2 aliphatic heterocycles. The maximum Gasteiger partial charge on any atom is 0.258 e. The molecular weight excluding hydrogens is 368 g/mol. The fraction of sp³-hybridized carbons (Fsp3) is 0.238. The summed E-state index contributed by atoms with van der Waals surface area (Å²) in [7, 11) is 0. The van der Waals surface area contributed by atoms with Crippen LogP contribution in [0.15, 0.2) is 43.2 Å². The summed E-state index contributed by atoms with van der Waals surface area (Å²) < 4.78 is 0. The third kappa shape index (κ3) is 2.67. The molecule has 2 aromatic heterocycles. The number of hydrogen-bond donors (Lipinski definition) is 2. The van der Waals surface area contributed by atoms with Crippen LogP contribution in [-0.2, 0) is 11.3 Å². The van der Waals surface area contributed by atoms with Crippen molar-refractivity contribution in [2.75, 3.05) is 18.4 Å². The molecule has 1 aromatic carbocycles. The maximum absolute atomic E-state index is 13.2. The van der Waals surface area contributed by atoms with Gasteiger partial charge in [-0.25, -0.2) is 0 Å². The largest absolute Gasteiger partial charge is 0.354 e. The number of aryl methyl sites for hydroxylation is 1. The zero-order chi connectivity index (χ0) is 20.1. The van der Waals surface area contributed by atoms with Gasteiger partial charge in [-0.2, -0.15) is 5.10 Å². The lowest BCUT2D eigenvalue weighted by atomic mass is 10.1. The molecule has 1 fully saturated rings. The van der Waals surface area contributed by atoms with E-state index in [1.807, 2.05) is 25.1 Å². The molecule has 0 saturated carbocycles. The topological polar surface area (TPSA) is 94.2 Å². The molecule has 3 aromatic rings. The second-order valence-electron chi connectivity index (χ2n) is 7.43. The van der Waals surface area contributed by atoms with E-state index in [1.165, 1.54) is 6.08 Å². The smallest absolute Gasteiger partial charge is 0.258 e. The van der Waals surface area contributed by atoms with Crippen molar-refractivity contribution in [3.63, 3.8) is 0 Å². The summed E-state index contributed by atoms with van der Waals surface area (Å²) >= 11 is 0. The van der Waals surface area contributed by atoms with E-state index in [0.717, 1.165) is 33.5 Å². The molecule has 4 heterocycles. The van der Waals surface area contributed by atoms with Gasteiger partial charge < -0.3 is 15.1 Å². The van der Waals surface area contributed by atoms with E-state index in [4.69, 9.17) is 0 Å². The van der Waals surface area contributed by atoms with Crippen molar-refractivity contribution in [3.8, 4) is 0 Å². The zero-order valence-corrected chi connectivity index (χ0v) is 16.0. The molecular formula is C21H20N6O2. The van der Waals surface area contributed by atoms with Crippen molar-refractivity contribution in [2.45, 2.75) is 19.5 Å². The predicted molar refractivity (Wildman–Crippen MR) is 109 cm³/mol. The fourth-order valence-electron chi connectivity index (χ4n) is 4.03. The summed E-state index contributed by atoms with van der Waals surface area (Å²) in [5.74, 6) is -0.155. The number of carbonyl (C=O) groups is 2. The number of nitrogens with zero attached hydrogens (tertiary/aromatic N) is 4. The van der Waals surface area contributed by atoms with Gasteiger partial charge in [0.25, 0.3) is 5.91 Å². The number of pyridine rings is 1. The Morgan fingerprint density at radius 1 is 1.34 bits per heavy atom. The number of carbonyl (C=O) groups excluding carboxylic acids is 2. The highest BCUT2D eigenvalue weighted by atomic mass is 16.2. The minimum Gasteiger partial charge on any atom is -0.354 e. The average Bonchev–Trinajstić information content (AvgIpc) is 3.28.